The van der Waals surface area contributed by atoms with Crippen molar-refractivity contribution in [2.75, 3.05) is 13.7 Å². The van der Waals surface area contributed by atoms with E-state index in [-0.39, 0.29) is 29.9 Å². The Morgan fingerprint density at radius 1 is 1.31 bits per heavy atom. The minimum Gasteiger partial charge on any atom is -0.502 e. The molecule has 0 saturated carbocycles. The number of aromatic hydroxyl groups is 1. The molecular weight excluding hydrogens is 491 g/mol. The fraction of sp³-hybridized carbons (Fsp3) is 0.294. The van der Waals surface area contributed by atoms with Crippen molar-refractivity contribution in [3.8, 4) is 11.5 Å². The summed E-state index contributed by atoms with van der Waals surface area (Å²) >= 11 is 6.99. The van der Waals surface area contributed by atoms with E-state index in [1.807, 2.05) is 12.1 Å². The second-order valence-corrected chi connectivity index (χ2v) is 7.56. The Bertz CT molecular complexity index is 825. The first-order chi connectivity index (χ1) is 11.9. The molecular formula is C17H17Br2ClN2O4. The summed E-state index contributed by atoms with van der Waals surface area (Å²) < 4.78 is 7.00. The van der Waals surface area contributed by atoms with Gasteiger partial charge in [-0.2, -0.15) is 0 Å². The second-order valence-electron chi connectivity index (χ2n) is 5.85. The quantitative estimate of drug-likeness (QED) is 0.463. The summed E-state index contributed by atoms with van der Waals surface area (Å²) in [4.78, 5) is 10.6. The van der Waals surface area contributed by atoms with Crippen molar-refractivity contribution in [3.63, 3.8) is 0 Å². The zero-order valence-electron chi connectivity index (χ0n) is 13.8. The molecule has 1 aliphatic heterocycles. The molecule has 26 heavy (non-hydrogen) atoms. The number of nitro benzene ring substituents is 1. The van der Waals surface area contributed by atoms with Crippen LogP contribution in [0.15, 0.2) is 33.2 Å². The van der Waals surface area contributed by atoms with E-state index in [2.05, 4.69) is 37.2 Å². The fourth-order valence-corrected chi connectivity index (χ4v) is 4.76. The summed E-state index contributed by atoms with van der Waals surface area (Å²) in [5.41, 5.74) is 2.60. The molecule has 0 aliphatic carbocycles. The van der Waals surface area contributed by atoms with Gasteiger partial charge in [0.25, 0.3) is 0 Å². The third-order valence-corrected chi connectivity index (χ3v) is 5.47. The number of hydrogen-bond donors (Lipinski definition) is 2. The van der Waals surface area contributed by atoms with Crippen LogP contribution in [-0.2, 0) is 12.8 Å². The lowest BCUT2D eigenvalue weighted by atomic mass is 9.89. The third-order valence-electron chi connectivity index (χ3n) is 4.30. The molecule has 0 bridgehead atoms. The maximum Gasteiger partial charge on any atom is 0.311 e. The Kier molecular flexibility index (Phi) is 6.90. The van der Waals surface area contributed by atoms with Crippen LogP contribution in [0.2, 0.25) is 0 Å². The number of nitro groups is 1. The van der Waals surface area contributed by atoms with Gasteiger partial charge in [-0.05, 0) is 86.1 Å². The van der Waals surface area contributed by atoms with Crippen molar-refractivity contribution in [2.24, 2.45) is 0 Å². The van der Waals surface area contributed by atoms with Crippen LogP contribution >= 0.6 is 44.3 Å². The van der Waals surface area contributed by atoms with Crippen LogP contribution < -0.4 is 10.1 Å². The fourth-order valence-electron chi connectivity index (χ4n) is 3.16. The Labute approximate surface area is 173 Å². The molecule has 0 spiro atoms. The second kappa shape index (κ2) is 8.56. The van der Waals surface area contributed by atoms with E-state index in [1.54, 1.807) is 7.11 Å². The van der Waals surface area contributed by atoms with Crippen molar-refractivity contribution < 1.29 is 14.8 Å². The van der Waals surface area contributed by atoms with Gasteiger partial charge in [0.2, 0.25) is 0 Å². The van der Waals surface area contributed by atoms with Gasteiger partial charge in [-0.25, -0.2) is 0 Å². The molecule has 2 N–H and O–H groups in total. The molecule has 6 nitrogen and oxygen atoms in total. The number of hydrogen-bond acceptors (Lipinski definition) is 5. The number of phenols is 1. The van der Waals surface area contributed by atoms with E-state index >= 15 is 0 Å². The average molecular weight is 509 g/mol. The van der Waals surface area contributed by atoms with E-state index in [9.17, 15) is 15.2 Å². The molecule has 140 valence electrons. The van der Waals surface area contributed by atoms with Crippen LogP contribution in [-0.4, -0.2) is 23.7 Å². The minimum absolute atomic E-state index is 0. The van der Waals surface area contributed by atoms with Gasteiger partial charge in [0.15, 0.2) is 5.75 Å². The molecule has 9 heteroatoms. The number of ether oxygens (including phenoxy) is 1. The van der Waals surface area contributed by atoms with Crippen molar-refractivity contribution in [3.05, 3.63) is 60.0 Å². The number of methoxy groups -OCH3 is 1. The van der Waals surface area contributed by atoms with Crippen LogP contribution in [0.3, 0.4) is 0 Å². The zero-order chi connectivity index (χ0) is 18.1. The highest BCUT2D eigenvalue weighted by atomic mass is 79.9. The monoisotopic (exact) mass is 506 g/mol. The first-order valence-electron chi connectivity index (χ1n) is 7.66. The highest BCUT2D eigenvalue weighted by Crippen LogP contribution is 2.38. The summed E-state index contributed by atoms with van der Waals surface area (Å²) in [7, 11) is 1.61. The third kappa shape index (κ3) is 4.14. The number of nitrogens with one attached hydrogen (secondary N) is 1. The molecule has 1 heterocycles. The predicted octanol–water partition coefficient (Wildman–Crippen LogP) is 4.69. The normalized spacial score (nSPS) is 15.7. The largest absolute Gasteiger partial charge is 0.502 e. The molecule has 1 aliphatic rings. The van der Waals surface area contributed by atoms with Gasteiger partial charge in [0.1, 0.15) is 5.75 Å². The highest BCUT2D eigenvalue weighted by Gasteiger charge is 2.26. The summed E-state index contributed by atoms with van der Waals surface area (Å²) in [5, 5.41) is 24.4. The van der Waals surface area contributed by atoms with Gasteiger partial charge in [-0.1, -0.05) is 0 Å². The lowest BCUT2D eigenvalue weighted by molar-refractivity contribution is -0.386. The average Bonchev–Trinajstić information content (AvgIpc) is 2.54. The smallest absolute Gasteiger partial charge is 0.311 e. The van der Waals surface area contributed by atoms with E-state index in [1.165, 1.54) is 12.1 Å². The Morgan fingerprint density at radius 2 is 1.96 bits per heavy atom. The van der Waals surface area contributed by atoms with Gasteiger partial charge < -0.3 is 15.2 Å². The summed E-state index contributed by atoms with van der Waals surface area (Å²) in [6.45, 7) is 0.757. The zero-order valence-corrected chi connectivity index (χ0v) is 17.8. The van der Waals surface area contributed by atoms with Crippen molar-refractivity contribution in [2.45, 2.75) is 18.9 Å². The molecule has 1 atom stereocenters. The molecule has 2 aromatic rings. The number of phenolic OH excluding ortho intramolecular Hbond substituents is 1. The van der Waals surface area contributed by atoms with Gasteiger partial charge in [0.05, 0.1) is 21.0 Å². The van der Waals surface area contributed by atoms with Crippen molar-refractivity contribution in [1.82, 2.24) is 5.32 Å². The van der Waals surface area contributed by atoms with Crippen LogP contribution in [0.5, 0.6) is 11.5 Å². The molecule has 3 rings (SSSR count). The van der Waals surface area contributed by atoms with Crippen LogP contribution in [0.4, 0.5) is 5.69 Å². The van der Waals surface area contributed by atoms with Crippen LogP contribution in [0.25, 0.3) is 0 Å². The molecule has 0 saturated heterocycles. The molecule has 0 aromatic heterocycles. The molecule has 1 unspecified atom stereocenters. The SMILES string of the molecule is COc1c(Br)cc(CC2NCCc3cc(O)c([N+](=O)[O-])cc32)cc1Br.Cl. The van der Waals surface area contributed by atoms with E-state index in [0.717, 1.165) is 44.4 Å². The molecule has 0 amide bonds. The summed E-state index contributed by atoms with van der Waals surface area (Å²) in [5.74, 6) is 0.445. The first-order valence-corrected chi connectivity index (χ1v) is 9.24. The number of halogens is 3. The molecule has 0 fully saturated rings. The van der Waals surface area contributed by atoms with E-state index in [0.29, 0.717) is 6.42 Å². The minimum atomic E-state index is -0.554. The molecule has 0 radical (unpaired) electrons. The van der Waals surface area contributed by atoms with E-state index < -0.39 is 4.92 Å². The van der Waals surface area contributed by atoms with Gasteiger partial charge >= 0.3 is 5.69 Å². The summed E-state index contributed by atoms with van der Waals surface area (Å²) in [6, 6.07) is 6.90. The summed E-state index contributed by atoms with van der Waals surface area (Å²) in [6.07, 6.45) is 1.39. The Balaban J connectivity index is 0.00000243. The number of benzene rings is 2. The first kappa shape index (κ1) is 21.0. The van der Waals surface area contributed by atoms with E-state index in [4.69, 9.17) is 4.74 Å². The predicted molar refractivity (Wildman–Crippen MR) is 109 cm³/mol. The number of rotatable bonds is 4. The lowest BCUT2D eigenvalue weighted by Gasteiger charge is -2.27. The van der Waals surface area contributed by atoms with Gasteiger partial charge in [-0.3, -0.25) is 10.1 Å². The number of fused-ring (bicyclic) bond motifs is 1. The van der Waals surface area contributed by atoms with Crippen LogP contribution in [0.1, 0.15) is 22.7 Å². The van der Waals surface area contributed by atoms with Gasteiger partial charge in [-0.15, -0.1) is 12.4 Å². The lowest BCUT2D eigenvalue weighted by Crippen LogP contribution is -2.31. The maximum absolute atomic E-state index is 11.1. The van der Waals surface area contributed by atoms with Gasteiger partial charge in [0, 0.05) is 12.1 Å². The highest BCUT2D eigenvalue weighted by molar-refractivity contribution is 9.11. The van der Waals surface area contributed by atoms with Crippen molar-refractivity contribution >= 4 is 50.0 Å². The molecule has 2 aromatic carbocycles. The topological polar surface area (TPSA) is 84.6 Å². The van der Waals surface area contributed by atoms with Crippen molar-refractivity contribution in [1.29, 1.82) is 0 Å². The Hall–Kier alpha value is -1.35. The standard InChI is InChI=1S/C17H16Br2N2O4.ClH/c1-25-17-12(18)4-9(5-13(17)19)6-14-11-8-15(21(23)24)16(22)7-10(11)2-3-20-14;/h4-5,7-8,14,20,22H,2-3,6H2,1H3;1H. The van der Waals surface area contributed by atoms with Crippen LogP contribution in [0, 0.1) is 10.1 Å². The number of nitrogens with zero attached hydrogens (tertiary/aromatic N) is 1. The maximum atomic E-state index is 11.1. The Morgan fingerprint density at radius 3 is 2.54 bits per heavy atom.